The van der Waals surface area contributed by atoms with Crippen molar-refractivity contribution in [2.24, 2.45) is 0 Å². The molecule has 1 saturated heterocycles. The molecule has 6 nitrogen and oxygen atoms in total. The van der Waals surface area contributed by atoms with Crippen LogP contribution in [0, 0.1) is 0 Å². The fourth-order valence-corrected chi connectivity index (χ4v) is 4.96. The second-order valence-electron chi connectivity index (χ2n) is 8.98. The van der Waals surface area contributed by atoms with E-state index >= 15 is 0 Å². The second kappa shape index (κ2) is 9.54. The lowest BCUT2D eigenvalue weighted by atomic mass is 9.59. The lowest BCUT2D eigenvalue weighted by molar-refractivity contribution is -0.407. The maximum atomic E-state index is 14.5. The third kappa shape index (κ3) is 4.27. The zero-order valence-electron chi connectivity index (χ0n) is 18.5. The molecule has 3 aromatic rings. The molecule has 0 radical (unpaired) electrons. The number of halogens is 1. The van der Waals surface area contributed by atoms with E-state index in [0.717, 1.165) is 0 Å². The van der Waals surface area contributed by atoms with Gasteiger partial charge in [-0.15, -0.1) is 0 Å². The fourth-order valence-electron chi connectivity index (χ4n) is 4.96. The number of benzene rings is 3. The molecule has 1 aliphatic heterocycles. The van der Waals surface area contributed by atoms with Crippen LogP contribution in [0.25, 0.3) is 0 Å². The van der Waals surface area contributed by atoms with Gasteiger partial charge in [0.15, 0.2) is 11.9 Å². The van der Waals surface area contributed by atoms with E-state index < -0.39 is 35.6 Å². The Balaban J connectivity index is 1.89. The van der Waals surface area contributed by atoms with Crippen LogP contribution in [-0.4, -0.2) is 61.1 Å². The lowest BCUT2D eigenvalue weighted by Gasteiger charge is -2.60. The van der Waals surface area contributed by atoms with E-state index in [2.05, 4.69) is 0 Å². The summed E-state index contributed by atoms with van der Waals surface area (Å²) in [6, 6.07) is 25.8. The summed E-state index contributed by atoms with van der Waals surface area (Å²) in [6.45, 7) is 0. The van der Waals surface area contributed by atoms with E-state index in [9.17, 15) is 29.9 Å². The molecule has 0 saturated carbocycles. The first kappa shape index (κ1) is 24.5. The van der Waals surface area contributed by atoms with Crippen LogP contribution in [0.2, 0.25) is 0 Å². The van der Waals surface area contributed by atoms with Crippen LogP contribution < -0.4 is 0 Å². The number of aliphatic hydroxyl groups excluding tert-OH is 2. The first-order valence-corrected chi connectivity index (χ1v) is 11.1. The Morgan fingerprint density at radius 3 is 1.47 bits per heavy atom. The van der Waals surface area contributed by atoms with Gasteiger partial charge in [-0.1, -0.05) is 91.0 Å². The van der Waals surface area contributed by atoms with Gasteiger partial charge in [0.05, 0.1) is 0 Å². The molecule has 7 heteroatoms. The predicted molar refractivity (Wildman–Crippen MR) is 123 cm³/mol. The largest absolute Gasteiger partial charge is 0.383 e. The first-order chi connectivity index (χ1) is 16.2. The highest BCUT2D eigenvalue weighted by Crippen LogP contribution is 2.49. The summed E-state index contributed by atoms with van der Waals surface area (Å²) in [5, 5.41) is 57.0. The Hall–Kier alpha value is -2.65. The van der Waals surface area contributed by atoms with Crippen molar-refractivity contribution in [3.8, 4) is 0 Å². The van der Waals surface area contributed by atoms with Crippen LogP contribution in [0.3, 0.4) is 0 Å². The molecule has 0 spiro atoms. The zero-order valence-corrected chi connectivity index (χ0v) is 18.5. The molecule has 0 aliphatic carbocycles. The van der Waals surface area contributed by atoms with Crippen molar-refractivity contribution >= 4 is 0 Å². The van der Waals surface area contributed by atoms with Crippen molar-refractivity contribution < 1.29 is 34.7 Å². The van der Waals surface area contributed by atoms with Gasteiger partial charge >= 0.3 is 0 Å². The Morgan fingerprint density at radius 1 is 0.676 bits per heavy atom. The van der Waals surface area contributed by atoms with Crippen LogP contribution in [0.1, 0.15) is 16.7 Å². The molecule has 5 N–H and O–H groups in total. The van der Waals surface area contributed by atoms with Gasteiger partial charge in [0.2, 0.25) is 6.36 Å². The standard InChI is InChI=1S/C27H29FO6/c28-23(29)22-25(31,16-19-10-4-1-5-11-19)27(33,18-21-14-8-3-9-15-21)26(32,24(30)34-22)17-20-12-6-2-7-13-20/h1-15,22-24,29-33H,16-18H2/t22-,23?,24?,25-,26+,27+/m1/s1. The van der Waals surface area contributed by atoms with Crippen LogP contribution in [-0.2, 0) is 24.0 Å². The van der Waals surface area contributed by atoms with Gasteiger partial charge in [-0.3, -0.25) is 0 Å². The highest BCUT2D eigenvalue weighted by atomic mass is 19.1. The Bertz CT molecular complexity index is 1070. The summed E-state index contributed by atoms with van der Waals surface area (Å²) in [6.07, 6.45) is -7.88. The number of aliphatic hydroxyl groups is 5. The molecule has 0 aromatic heterocycles. The molecule has 0 amide bonds. The molecule has 4 rings (SSSR count). The van der Waals surface area contributed by atoms with E-state index in [0.29, 0.717) is 16.7 Å². The molecular formula is C27H29FO6. The molecule has 1 fully saturated rings. The molecule has 6 atom stereocenters. The molecule has 34 heavy (non-hydrogen) atoms. The van der Waals surface area contributed by atoms with Crippen molar-refractivity contribution in [1.29, 1.82) is 0 Å². The summed E-state index contributed by atoms with van der Waals surface area (Å²) < 4.78 is 19.8. The third-order valence-electron chi connectivity index (χ3n) is 6.77. The molecule has 0 bridgehead atoms. The number of ether oxygens (including phenoxy) is 1. The van der Waals surface area contributed by atoms with Crippen molar-refractivity contribution in [2.75, 3.05) is 0 Å². The van der Waals surface area contributed by atoms with E-state index in [1.807, 2.05) is 0 Å². The summed E-state index contributed by atoms with van der Waals surface area (Å²) >= 11 is 0. The van der Waals surface area contributed by atoms with Gasteiger partial charge in [0.25, 0.3) is 0 Å². The summed E-state index contributed by atoms with van der Waals surface area (Å²) in [5.74, 6) is 0. The minimum Gasteiger partial charge on any atom is -0.383 e. The quantitative estimate of drug-likeness (QED) is 0.362. The monoisotopic (exact) mass is 468 g/mol. The Kier molecular flexibility index (Phi) is 6.87. The van der Waals surface area contributed by atoms with Crippen molar-refractivity contribution in [3.05, 3.63) is 108 Å². The average molecular weight is 469 g/mol. The maximum absolute atomic E-state index is 14.5. The van der Waals surface area contributed by atoms with Gasteiger partial charge in [-0.2, -0.15) is 0 Å². The third-order valence-corrected chi connectivity index (χ3v) is 6.77. The zero-order chi connectivity index (χ0) is 24.4. The van der Waals surface area contributed by atoms with E-state index in [-0.39, 0.29) is 19.3 Å². The highest BCUT2D eigenvalue weighted by molar-refractivity contribution is 5.32. The van der Waals surface area contributed by atoms with E-state index in [4.69, 9.17) is 4.74 Å². The predicted octanol–water partition coefficient (Wildman–Crippen LogP) is 1.91. The van der Waals surface area contributed by atoms with Gasteiger partial charge in [0.1, 0.15) is 17.3 Å². The average Bonchev–Trinajstić information content (AvgIpc) is 2.83. The number of rotatable bonds is 7. The van der Waals surface area contributed by atoms with E-state index in [1.54, 1.807) is 91.0 Å². The van der Waals surface area contributed by atoms with Crippen molar-refractivity contribution in [2.45, 2.75) is 54.8 Å². The van der Waals surface area contributed by atoms with Crippen LogP contribution >= 0.6 is 0 Å². The molecule has 1 aliphatic rings. The van der Waals surface area contributed by atoms with Crippen LogP contribution in [0.4, 0.5) is 4.39 Å². The molecular weight excluding hydrogens is 439 g/mol. The second-order valence-corrected chi connectivity index (χ2v) is 8.98. The first-order valence-electron chi connectivity index (χ1n) is 11.1. The van der Waals surface area contributed by atoms with Gasteiger partial charge in [-0.25, -0.2) is 4.39 Å². The van der Waals surface area contributed by atoms with Gasteiger partial charge in [0, 0.05) is 19.3 Å². The summed E-state index contributed by atoms with van der Waals surface area (Å²) in [5.41, 5.74) is -5.92. The van der Waals surface area contributed by atoms with E-state index in [1.165, 1.54) is 0 Å². The maximum Gasteiger partial charge on any atom is 0.226 e. The smallest absolute Gasteiger partial charge is 0.226 e. The summed E-state index contributed by atoms with van der Waals surface area (Å²) in [7, 11) is 0. The molecule has 1 heterocycles. The Morgan fingerprint density at radius 2 is 1.06 bits per heavy atom. The highest BCUT2D eigenvalue weighted by Gasteiger charge is 2.72. The van der Waals surface area contributed by atoms with Crippen molar-refractivity contribution in [3.63, 3.8) is 0 Å². The minimum atomic E-state index is -2.74. The van der Waals surface area contributed by atoms with Gasteiger partial charge in [-0.05, 0) is 16.7 Å². The van der Waals surface area contributed by atoms with Crippen molar-refractivity contribution in [1.82, 2.24) is 0 Å². The molecule has 2 unspecified atom stereocenters. The van der Waals surface area contributed by atoms with Crippen LogP contribution in [0.15, 0.2) is 91.0 Å². The molecule has 3 aromatic carbocycles. The normalized spacial score (nSPS) is 32.3. The number of alkyl halides is 1. The number of hydrogen-bond acceptors (Lipinski definition) is 6. The summed E-state index contributed by atoms with van der Waals surface area (Å²) in [4.78, 5) is 0. The fraction of sp³-hybridized carbons (Fsp3) is 0.333. The Labute approximate surface area is 197 Å². The minimum absolute atomic E-state index is 0.301. The lowest BCUT2D eigenvalue weighted by Crippen LogP contribution is -2.82. The van der Waals surface area contributed by atoms with Crippen LogP contribution in [0.5, 0.6) is 0 Å². The molecule has 180 valence electrons. The van der Waals surface area contributed by atoms with Gasteiger partial charge < -0.3 is 30.3 Å². The SMILES string of the molecule is OC(F)[C@H]1OC(O)[C@@](O)(Cc2ccccc2)[C@](O)(Cc2ccccc2)[C@@]1(O)Cc1ccccc1. The topological polar surface area (TPSA) is 110 Å². The number of hydrogen-bond donors (Lipinski definition) is 5.